The number of unbranched alkanes of at least 4 members (excludes halogenated alkanes) is 1. The molecule has 1 unspecified atom stereocenters. The Bertz CT molecular complexity index is 710. The molecule has 2 rings (SSSR count). The number of carbonyl (C=O) groups is 1. The molecule has 25 heavy (non-hydrogen) atoms. The molecule has 2 aromatic rings. The van der Waals surface area contributed by atoms with Crippen molar-refractivity contribution in [2.45, 2.75) is 25.9 Å². The zero-order chi connectivity index (χ0) is 18.1. The molecule has 0 radical (unpaired) electrons. The molecule has 0 saturated carbocycles. The number of aliphatic hydroxyl groups is 1. The number of ether oxygens (including phenoxy) is 3. The molecule has 5 heteroatoms. The van der Waals surface area contributed by atoms with Gasteiger partial charge in [0.2, 0.25) is 0 Å². The third-order valence-electron chi connectivity index (χ3n) is 3.68. The summed E-state index contributed by atoms with van der Waals surface area (Å²) in [7, 11) is 0. The fourth-order valence-corrected chi connectivity index (χ4v) is 2.34. The van der Waals surface area contributed by atoms with Gasteiger partial charge in [0.25, 0.3) is 0 Å². The SMILES string of the molecule is C=CC(=O)OC(CO)COc1ccc(OCCCC)c2ccccc12. The molecular formula is C20H24O5. The van der Waals surface area contributed by atoms with Crippen LogP contribution in [0.5, 0.6) is 11.5 Å². The Labute approximate surface area is 147 Å². The van der Waals surface area contributed by atoms with Crippen molar-refractivity contribution in [1.29, 1.82) is 0 Å². The van der Waals surface area contributed by atoms with E-state index in [-0.39, 0.29) is 13.2 Å². The van der Waals surface area contributed by atoms with Crippen molar-refractivity contribution in [3.8, 4) is 11.5 Å². The highest BCUT2D eigenvalue weighted by Gasteiger charge is 2.14. The molecular weight excluding hydrogens is 320 g/mol. The van der Waals surface area contributed by atoms with E-state index in [2.05, 4.69) is 13.5 Å². The molecule has 0 aliphatic heterocycles. The summed E-state index contributed by atoms with van der Waals surface area (Å²) in [6.45, 7) is 5.86. The van der Waals surface area contributed by atoms with E-state index in [1.54, 1.807) is 0 Å². The fraction of sp³-hybridized carbons (Fsp3) is 0.350. The quantitative estimate of drug-likeness (QED) is 0.406. The average molecular weight is 344 g/mol. The second-order valence-corrected chi connectivity index (χ2v) is 5.57. The molecule has 134 valence electrons. The van der Waals surface area contributed by atoms with E-state index >= 15 is 0 Å². The highest BCUT2D eigenvalue weighted by atomic mass is 16.6. The molecule has 0 fully saturated rings. The lowest BCUT2D eigenvalue weighted by Crippen LogP contribution is -2.27. The van der Waals surface area contributed by atoms with E-state index in [1.807, 2.05) is 36.4 Å². The highest BCUT2D eigenvalue weighted by Crippen LogP contribution is 2.33. The summed E-state index contributed by atoms with van der Waals surface area (Å²) in [5.74, 6) is 0.868. The number of rotatable bonds is 10. The molecule has 1 N–H and O–H groups in total. The average Bonchev–Trinajstić information content (AvgIpc) is 2.65. The predicted octanol–water partition coefficient (Wildman–Crippen LogP) is 3.49. The van der Waals surface area contributed by atoms with Gasteiger partial charge in [-0.15, -0.1) is 0 Å². The summed E-state index contributed by atoms with van der Waals surface area (Å²) >= 11 is 0. The Morgan fingerprint density at radius 2 is 1.80 bits per heavy atom. The van der Waals surface area contributed by atoms with Crippen LogP contribution in [-0.2, 0) is 9.53 Å². The van der Waals surface area contributed by atoms with E-state index in [9.17, 15) is 9.90 Å². The Hall–Kier alpha value is -2.53. The lowest BCUT2D eigenvalue weighted by atomic mass is 10.1. The van der Waals surface area contributed by atoms with Crippen LogP contribution < -0.4 is 9.47 Å². The number of hydrogen-bond acceptors (Lipinski definition) is 5. The molecule has 0 aliphatic rings. The Morgan fingerprint density at radius 3 is 2.36 bits per heavy atom. The second-order valence-electron chi connectivity index (χ2n) is 5.57. The lowest BCUT2D eigenvalue weighted by Gasteiger charge is -2.17. The summed E-state index contributed by atoms with van der Waals surface area (Å²) < 4.78 is 16.6. The largest absolute Gasteiger partial charge is 0.493 e. The zero-order valence-corrected chi connectivity index (χ0v) is 14.4. The maximum Gasteiger partial charge on any atom is 0.330 e. The van der Waals surface area contributed by atoms with Gasteiger partial charge in [-0.05, 0) is 18.6 Å². The van der Waals surface area contributed by atoms with Gasteiger partial charge in [-0.1, -0.05) is 44.2 Å². The lowest BCUT2D eigenvalue weighted by molar-refractivity contribution is -0.146. The van der Waals surface area contributed by atoms with Gasteiger partial charge >= 0.3 is 5.97 Å². The van der Waals surface area contributed by atoms with Gasteiger partial charge in [0.15, 0.2) is 6.10 Å². The van der Waals surface area contributed by atoms with Gasteiger partial charge in [-0.25, -0.2) is 4.79 Å². The number of carbonyl (C=O) groups excluding carboxylic acids is 1. The van der Waals surface area contributed by atoms with Crippen molar-refractivity contribution in [3.63, 3.8) is 0 Å². The Kier molecular flexibility index (Phi) is 7.29. The molecule has 0 aliphatic carbocycles. The highest BCUT2D eigenvalue weighted by molar-refractivity contribution is 5.93. The molecule has 0 amide bonds. The van der Waals surface area contributed by atoms with Crippen LogP contribution in [-0.4, -0.2) is 37.0 Å². The number of esters is 1. The van der Waals surface area contributed by atoms with Crippen LogP contribution in [0.4, 0.5) is 0 Å². The minimum atomic E-state index is -0.746. The van der Waals surface area contributed by atoms with Gasteiger partial charge in [0, 0.05) is 16.8 Å². The van der Waals surface area contributed by atoms with Crippen molar-refractivity contribution in [3.05, 3.63) is 49.1 Å². The minimum absolute atomic E-state index is 0.0517. The Balaban J connectivity index is 2.14. The first kappa shape index (κ1) is 18.8. The number of fused-ring (bicyclic) bond motifs is 1. The summed E-state index contributed by atoms with van der Waals surface area (Å²) in [6.07, 6.45) is 2.38. The van der Waals surface area contributed by atoms with Crippen LogP contribution in [0.2, 0.25) is 0 Å². The standard InChI is InChI=1S/C20H24O5/c1-3-5-12-23-18-10-11-19(17-9-7-6-8-16(17)18)24-14-15(13-21)25-20(22)4-2/h4,6-11,15,21H,2-3,5,12-14H2,1H3. The minimum Gasteiger partial charge on any atom is -0.493 e. The first-order valence-electron chi connectivity index (χ1n) is 8.40. The van der Waals surface area contributed by atoms with E-state index in [0.29, 0.717) is 12.4 Å². The molecule has 5 nitrogen and oxygen atoms in total. The van der Waals surface area contributed by atoms with Crippen molar-refractivity contribution in [1.82, 2.24) is 0 Å². The van der Waals surface area contributed by atoms with E-state index in [1.165, 1.54) is 0 Å². The first-order valence-corrected chi connectivity index (χ1v) is 8.40. The summed E-state index contributed by atoms with van der Waals surface area (Å²) in [4.78, 5) is 11.3. The first-order chi connectivity index (χ1) is 12.2. The van der Waals surface area contributed by atoms with Crippen molar-refractivity contribution < 1.29 is 24.1 Å². The van der Waals surface area contributed by atoms with Crippen molar-refractivity contribution in [2.24, 2.45) is 0 Å². The van der Waals surface area contributed by atoms with Crippen molar-refractivity contribution >= 4 is 16.7 Å². The molecule has 0 spiro atoms. The van der Waals surface area contributed by atoms with Gasteiger partial charge in [0.1, 0.15) is 18.1 Å². The number of aliphatic hydroxyl groups excluding tert-OH is 1. The van der Waals surface area contributed by atoms with E-state index in [0.717, 1.165) is 35.4 Å². The molecule has 0 aromatic heterocycles. The van der Waals surface area contributed by atoms with Crippen LogP contribution >= 0.6 is 0 Å². The maximum absolute atomic E-state index is 11.3. The van der Waals surface area contributed by atoms with E-state index < -0.39 is 12.1 Å². The van der Waals surface area contributed by atoms with E-state index in [4.69, 9.17) is 14.2 Å². The maximum atomic E-state index is 11.3. The van der Waals surface area contributed by atoms with Crippen LogP contribution in [0.3, 0.4) is 0 Å². The van der Waals surface area contributed by atoms with Gasteiger partial charge in [0.05, 0.1) is 13.2 Å². The van der Waals surface area contributed by atoms with Gasteiger partial charge < -0.3 is 19.3 Å². The smallest absolute Gasteiger partial charge is 0.330 e. The summed E-state index contributed by atoms with van der Waals surface area (Å²) in [5, 5.41) is 11.2. The molecule has 2 aromatic carbocycles. The fourth-order valence-electron chi connectivity index (χ4n) is 2.34. The van der Waals surface area contributed by atoms with Crippen LogP contribution in [0.15, 0.2) is 49.1 Å². The van der Waals surface area contributed by atoms with Gasteiger partial charge in [-0.3, -0.25) is 0 Å². The third-order valence-corrected chi connectivity index (χ3v) is 3.68. The van der Waals surface area contributed by atoms with Crippen LogP contribution in [0.1, 0.15) is 19.8 Å². The summed E-state index contributed by atoms with van der Waals surface area (Å²) in [6, 6.07) is 11.5. The van der Waals surface area contributed by atoms with Gasteiger partial charge in [-0.2, -0.15) is 0 Å². The van der Waals surface area contributed by atoms with Crippen LogP contribution in [0.25, 0.3) is 10.8 Å². The molecule has 0 heterocycles. The molecule has 0 bridgehead atoms. The zero-order valence-electron chi connectivity index (χ0n) is 14.4. The second kappa shape index (κ2) is 9.69. The van der Waals surface area contributed by atoms with Crippen molar-refractivity contribution in [2.75, 3.05) is 19.8 Å². The molecule has 0 saturated heterocycles. The monoisotopic (exact) mass is 344 g/mol. The van der Waals surface area contributed by atoms with Crippen LogP contribution in [0, 0.1) is 0 Å². The molecule has 1 atom stereocenters. The topological polar surface area (TPSA) is 65.0 Å². The number of benzene rings is 2. The predicted molar refractivity (Wildman–Crippen MR) is 97.0 cm³/mol. The number of hydrogen-bond donors (Lipinski definition) is 1. The normalized spacial score (nSPS) is 11.8. The third kappa shape index (κ3) is 5.22. The summed E-state index contributed by atoms with van der Waals surface area (Å²) in [5.41, 5.74) is 0. The Morgan fingerprint density at radius 1 is 1.16 bits per heavy atom.